The van der Waals surface area contributed by atoms with E-state index in [-0.39, 0.29) is 11.9 Å². The Bertz CT molecular complexity index is 771. The second-order valence-corrected chi connectivity index (χ2v) is 7.16. The molecule has 0 aromatic carbocycles. The molecule has 0 radical (unpaired) electrons. The molecule has 0 amide bonds. The number of nitrogens with zero attached hydrogens (tertiary/aromatic N) is 4. The van der Waals surface area contributed by atoms with Gasteiger partial charge in [-0.1, -0.05) is 11.6 Å². The van der Waals surface area contributed by atoms with E-state index in [4.69, 9.17) is 21.3 Å². The van der Waals surface area contributed by atoms with Crippen LogP contribution in [0.25, 0.3) is 0 Å². The van der Waals surface area contributed by atoms with Crippen LogP contribution in [0.4, 0.5) is 16.2 Å². The Morgan fingerprint density at radius 2 is 2.08 bits per heavy atom. The Hall–Kier alpha value is -1.99. The van der Waals surface area contributed by atoms with Crippen LogP contribution in [0.15, 0.2) is 24.5 Å². The van der Waals surface area contributed by atoms with Gasteiger partial charge in [0.25, 0.3) is 0 Å². The normalized spacial score (nSPS) is 21.2. The average Bonchev–Trinajstić information content (AvgIpc) is 3.14. The fourth-order valence-electron chi connectivity index (χ4n) is 3.51. The molecule has 0 saturated carbocycles. The Morgan fingerprint density at radius 1 is 1.23 bits per heavy atom. The highest BCUT2D eigenvalue weighted by Gasteiger charge is 2.26. The van der Waals surface area contributed by atoms with Crippen LogP contribution in [0.1, 0.15) is 30.9 Å². The van der Waals surface area contributed by atoms with E-state index in [9.17, 15) is 4.39 Å². The van der Waals surface area contributed by atoms with Crippen LogP contribution >= 0.6 is 11.6 Å². The lowest BCUT2D eigenvalue weighted by Gasteiger charge is -2.23. The molecule has 1 unspecified atom stereocenters. The van der Waals surface area contributed by atoms with Gasteiger partial charge in [0.15, 0.2) is 11.6 Å². The summed E-state index contributed by atoms with van der Waals surface area (Å²) in [5.74, 6) is 0.976. The summed E-state index contributed by atoms with van der Waals surface area (Å²) in [6.45, 7) is 3.11. The van der Waals surface area contributed by atoms with Crippen LogP contribution in [0.2, 0.25) is 5.02 Å². The molecule has 2 saturated heterocycles. The average molecular weight is 378 g/mol. The van der Waals surface area contributed by atoms with Crippen LogP contribution in [0, 0.1) is 5.82 Å². The molecule has 26 heavy (non-hydrogen) atoms. The van der Waals surface area contributed by atoms with E-state index in [0.29, 0.717) is 17.5 Å². The number of rotatable bonds is 4. The molecular weight excluding hydrogens is 357 g/mol. The monoisotopic (exact) mass is 377 g/mol. The number of hydrogen-bond donors (Lipinski definition) is 1. The van der Waals surface area contributed by atoms with E-state index in [0.717, 1.165) is 50.7 Å². The Labute approximate surface area is 156 Å². The van der Waals surface area contributed by atoms with Crippen molar-refractivity contribution in [3.05, 3.63) is 41.1 Å². The highest BCUT2D eigenvalue weighted by molar-refractivity contribution is 6.30. The molecule has 2 aliphatic rings. The highest BCUT2D eigenvalue weighted by atomic mass is 35.5. The SMILES string of the molecule is Fc1cc(Cl)cnc1NC1CCN(c2nccc(C3CCOCC3)n2)C1. The number of aromatic nitrogens is 3. The maximum atomic E-state index is 13.9. The number of ether oxygens (including phenoxy) is 1. The second kappa shape index (κ2) is 7.72. The fraction of sp³-hybridized carbons (Fsp3) is 0.500. The van der Waals surface area contributed by atoms with Gasteiger partial charge >= 0.3 is 0 Å². The molecule has 4 heterocycles. The Morgan fingerprint density at radius 3 is 2.88 bits per heavy atom. The minimum atomic E-state index is -0.436. The summed E-state index contributed by atoms with van der Waals surface area (Å²) in [6, 6.07) is 3.36. The summed E-state index contributed by atoms with van der Waals surface area (Å²) < 4.78 is 19.4. The van der Waals surface area contributed by atoms with Crippen LogP contribution in [-0.4, -0.2) is 47.3 Å². The maximum Gasteiger partial charge on any atom is 0.225 e. The molecule has 1 N–H and O–H groups in total. The van der Waals surface area contributed by atoms with Crippen LogP contribution in [0.3, 0.4) is 0 Å². The molecule has 0 aliphatic carbocycles. The summed E-state index contributed by atoms with van der Waals surface area (Å²) in [5.41, 5.74) is 1.08. The molecule has 2 aliphatic heterocycles. The minimum Gasteiger partial charge on any atom is -0.381 e. The number of nitrogens with one attached hydrogen (secondary N) is 1. The topological polar surface area (TPSA) is 63.2 Å². The second-order valence-electron chi connectivity index (χ2n) is 6.73. The maximum absolute atomic E-state index is 13.9. The van der Waals surface area contributed by atoms with Gasteiger partial charge in [0.2, 0.25) is 5.95 Å². The van der Waals surface area contributed by atoms with Gasteiger partial charge in [-0.2, -0.15) is 0 Å². The summed E-state index contributed by atoms with van der Waals surface area (Å²) in [4.78, 5) is 15.4. The molecule has 8 heteroatoms. The van der Waals surface area contributed by atoms with Crippen molar-refractivity contribution in [2.75, 3.05) is 36.5 Å². The third kappa shape index (κ3) is 3.88. The zero-order valence-electron chi connectivity index (χ0n) is 14.4. The lowest BCUT2D eigenvalue weighted by Crippen LogP contribution is -2.28. The van der Waals surface area contributed by atoms with Gasteiger partial charge in [0.05, 0.1) is 5.02 Å². The van der Waals surface area contributed by atoms with Crippen molar-refractivity contribution in [3.8, 4) is 0 Å². The van der Waals surface area contributed by atoms with E-state index in [1.165, 1.54) is 12.3 Å². The van der Waals surface area contributed by atoms with Crippen molar-refractivity contribution in [1.29, 1.82) is 0 Å². The predicted octanol–water partition coefficient (Wildman–Crippen LogP) is 3.25. The van der Waals surface area contributed by atoms with Gasteiger partial charge in [-0.3, -0.25) is 0 Å². The van der Waals surface area contributed by atoms with Crippen molar-refractivity contribution in [1.82, 2.24) is 15.0 Å². The van der Waals surface area contributed by atoms with Gasteiger partial charge in [-0.05, 0) is 31.4 Å². The zero-order chi connectivity index (χ0) is 17.9. The van der Waals surface area contributed by atoms with Gasteiger partial charge < -0.3 is 15.0 Å². The lowest BCUT2D eigenvalue weighted by atomic mass is 9.96. The van der Waals surface area contributed by atoms with E-state index < -0.39 is 5.82 Å². The fourth-order valence-corrected chi connectivity index (χ4v) is 3.65. The van der Waals surface area contributed by atoms with Crippen molar-refractivity contribution in [3.63, 3.8) is 0 Å². The number of anilines is 2. The first kappa shape index (κ1) is 17.4. The van der Waals surface area contributed by atoms with E-state index in [2.05, 4.69) is 20.2 Å². The number of hydrogen-bond acceptors (Lipinski definition) is 6. The first-order chi connectivity index (χ1) is 12.7. The van der Waals surface area contributed by atoms with Gasteiger partial charge in [-0.15, -0.1) is 0 Å². The number of halogens is 2. The molecule has 0 spiro atoms. The third-order valence-corrected chi connectivity index (χ3v) is 5.13. The van der Waals surface area contributed by atoms with Gasteiger partial charge in [-0.25, -0.2) is 19.3 Å². The molecule has 6 nitrogen and oxygen atoms in total. The molecule has 0 bridgehead atoms. The van der Waals surface area contributed by atoms with Crippen molar-refractivity contribution >= 4 is 23.4 Å². The smallest absolute Gasteiger partial charge is 0.225 e. The van der Waals surface area contributed by atoms with Gasteiger partial charge in [0.1, 0.15) is 0 Å². The van der Waals surface area contributed by atoms with Crippen molar-refractivity contribution < 1.29 is 9.13 Å². The van der Waals surface area contributed by atoms with Crippen LogP contribution < -0.4 is 10.2 Å². The van der Waals surface area contributed by atoms with E-state index in [1.54, 1.807) is 0 Å². The summed E-state index contributed by atoms with van der Waals surface area (Å²) >= 11 is 5.75. The molecule has 2 fully saturated rings. The Balaban J connectivity index is 1.42. The molecule has 2 aromatic rings. The molecule has 2 aromatic heterocycles. The summed E-state index contributed by atoms with van der Waals surface area (Å²) in [6.07, 6.45) is 6.15. The van der Waals surface area contributed by atoms with E-state index >= 15 is 0 Å². The molecular formula is C18H21ClFN5O. The minimum absolute atomic E-state index is 0.0912. The molecule has 1 atom stereocenters. The summed E-state index contributed by atoms with van der Waals surface area (Å²) in [7, 11) is 0. The van der Waals surface area contributed by atoms with Crippen LogP contribution in [-0.2, 0) is 4.74 Å². The van der Waals surface area contributed by atoms with E-state index in [1.807, 2.05) is 12.3 Å². The van der Waals surface area contributed by atoms with Crippen molar-refractivity contribution in [2.24, 2.45) is 0 Å². The summed E-state index contributed by atoms with van der Waals surface area (Å²) in [5, 5.41) is 3.45. The van der Waals surface area contributed by atoms with Gasteiger partial charge in [0, 0.05) is 56.4 Å². The molecule has 138 valence electrons. The molecule has 4 rings (SSSR count). The third-order valence-electron chi connectivity index (χ3n) is 4.92. The first-order valence-electron chi connectivity index (χ1n) is 8.92. The largest absolute Gasteiger partial charge is 0.381 e. The van der Waals surface area contributed by atoms with Crippen molar-refractivity contribution in [2.45, 2.75) is 31.2 Å². The lowest BCUT2D eigenvalue weighted by molar-refractivity contribution is 0.0845. The Kier molecular flexibility index (Phi) is 5.17. The standard InChI is InChI=1S/C18H21ClFN5O/c19-13-9-15(20)17(22-10-13)23-14-2-6-25(11-14)18-21-5-1-16(24-18)12-3-7-26-8-4-12/h1,5,9-10,12,14H,2-4,6-8,11H2,(H,22,23). The predicted molar refractivity (Wildman–Crippen MR) is 98.3 cm³/mol. The zero-order valence-corrected chi connectivity index (χ0v) is 15.1. The number of pyridine rings is 1. The first-order valence-corrected chi connectivity index (χ1v) is 9.30. The quantitative estimate of drug-likeness (QED) is 0.882. The van der Waals surface area contributed by atoms with Crippen LogP contribution in [0.5, 0.6) is 0 Å². The highest BCUT2D eigenvalue weighted by Crippen LogP contribution is 2.27.